The van der Waals surface area contributed by atoms with E-state index in [9.17, 15) is 9.90 Å². The molecule has 5 nitrogen and oxygen atoms in total. The van der Waals surface area contributed by atoms with Crippen molar-refractivity contribution in [1.82, 2.24) is 10.2 Å². The minimum absolute atomic E-state index is 0.526. The summed E-state index contributed by atoms with van der Waals surface area (Å²) < 4.78 is 5.34. The van der Waals surface area contributed by atoms with Gasteiger partial charge in [-0.05, 0) is 39.8 Å². The molecule has 1 fully saturated rings. The molecule has 0 radical (unpaired) electrons. The Kier molecular flexibility index (Phi) is 6.05. The maximum atomic E-state index is 11.3. The maximum absolute atomic E-state index is 11.3. The van der Waals surface area contributed by atoms with Gasteiger partial charge in [0.15, 0.2) is 0 Å². The van der Waals surface area contributed by atoms with Crippen molar-refractivity contribution in [2.24, 2.45) is 0 Å². The third-order valence-corrected chi connectivity index (χ3v) is 3.82. The number of hydrogen-bond acceptors (Lipinski definition) is 4. The van der Waals surface area contributed by atoms with Crippen LogP contribution in [-0.2, 0) is 9.53 Å². The lowest BCUT2D eigenvalue weighted by Gasteiger charge is -2.34. The third-order valence-electron chi connectivity index (χ3n) is 3.82. The number of rotatable bonds is 7. The molecule has 5 heteroatoms. The first-order valence-corrected chi connectivity index (χ1v) is 6.76. The topological polar surface area (TPSA) is 61.8 Å². The second kappa shape index (κ2) is 7.07. The van der Waals surface area contributed by atoms with Crippen LogP contribution in [0.1, 0.15) is 33.1 Å². The van der Waals surface area contributed by atoms with Crippen molar-refractivity contribution in [3.8, 4) is 0 Å². The van der Waals surface area contributed by atoms with Gasteiger partial charge in [0.05, 0.1) is 0 Å². The number of carboxylic acid groups (broad SMARTS) is 1. The molecule has 1 rings (SSSR count). The molecule has 1 unspecified atom stereocenters. The highest BCUT2D eigenvalue weighted by molar-refractivity contribution is 5.78. The molecule has 0 spiro atoms. The van der Waals surface area contributed by atoms with Crippen molar-refractivity contribution in [1.29, 1.82) is 0 Å². The van der Waals surface area contributed by atoms with Crippen LogP contribution in [0.2, 0.25) is 0 Å². The molecule has 0 aliphatic carbocycles. The molecule has 0 saturated carbocycles. The van der Waals surface area contributed by atoms with Crippen LogP contribution >= 0.6 is 0 Å². The van der Waals surface area contributed by atoms with Crippen LogP contribution < -0.4 is 5.32 Å². The largest absolute Gasteiger partial charge is 0.480 e. The fraction of sp³-hybridized carbons (Fsp3) is 0.923. The first-order valence-electron chi connectivity index (χ1n) is 6.76. The number of likely N-dealkylation sites (N-methyl/N-ethyl adjacent to an activating group) is 1. The molecule has 18 heavy (non-hydrogen) atoms. The van der Waals surface area contributed by atoms with E-state index in [0.717, 1.165) is 32.6 Å². The summed E-state index contributed by atoms with van der Waals surface area (Å²) in [6.07, 6.45) is 2.70. The Hall–Kier alpha value is -0.650. The quantitative estimate of drug-likeness (QED) is 0.711. The van der Waals surface area contributed by atoms with Crippen molar-refractivity contribution in [2.45, 2.75) is 44.7 Å². The molecule has 0 bridgehead atoms. The van der Waals surface area contributed by atoms with E-state index in [1.807, 2.05) is 6.92 Å². The van der Waals surface area contributed by atoms with E-state index < -0.39 is 11.5 Å². The summed E-state index contributed by atoms with van der Waals surface area (Å²) in [6, 6.07) is 0.526. The summed E-state index contributed by atoms with van der Waals surface area (Å²) in [6.45, 7) is 6.79. The van der Waals surface area contributed by atoms with E-state index in [-0.39, 0.29) is 0 Å². The molecular weight excluding hydrogens is 232 g/mol. The molecule has 1 aliphatic rings. The summed E-state index contributed by atoms with van der Waals surface area (Å²) >= 11 is 0. The number of carbonyl (C=O) groups is 1. The van der Waals surface area contributed by atoms with Crippen LogP contribution in [-0.4, -0.2) is 60.9 Å². The summed E-state index contributed by atoms with van der Waals surface area (Å²) in [7, 11) is 2.07. The van der Waals surface area contributed by atoms with Crippen LogP contribution in [0.3, 0.4) is 0 Å². The average molecular weight is 258 g/mol. The van der Waals surface area contributed by atoms with Crippen molar-refractivity contribution in [2.75, 3.05) is 33.4 Å². The molecule has 2 N–H and O–H groups in total. The van der Waals surface area contributed by atoms with E-state index in [4.69, 9.17) is 4.74 Å². The SMILES string of the molecule is CCNC(C)(CCN(C)C1CCOCC1)C(=O)O. The Labute approximate surface area is 109 Å². The van der Waals surface area contributed by atoms with Gasteiger partial charge < -0.3 is 20.1 Å². The summed E-state index contributed by atoms with van der Waals surface area (Å²) in [5.41, 5.74) is -0.825. The molecule has 0 aromatic heterocycles. The summed E-state index contributed by atoms with van der Waals surface area (Å²) in [5, 5.41) is 12.4. The summed E-state index contributed by atoms with van der Waals surface area (Å²) in [4.78, 5) is 13.6. The van der Waals surface area contributed by atoms with Gasteiger partial charge in [0.1, 0.15) is 5.54 Å². The molecule has 1 aliphatic heterocycles. The molecule has 0 aromatic rings. The Morgan fingerprint density at radius 1 is 1.50 bits per heavy atom. The van der Waals surface area contributed by atoms with Gasteiger partial charge in [-0.3, -0.25) is 4.79 Å². The van der Waals surface area contributed by atoms with Gasteiger partial charge in [-0.2, -0.15) is 0 Å². The number of nitrogens with one attached hydrogen (secondary N) is 1. The van der Waals surface area contributed by atoms with E-state index in [0.29, 0.717) is 19.0 Å². The Balaban J connectivity index is 2.43. The van der Waals surface area contributed by atoms with E-state index in [1.165, 1.54) is 0 Å². The van der Waals surface area contributed by atoms with Gasteiger partial charge in [0, 0.05) is 25.8 Å². The number of hydrogen-bond donors (Lipinski definition) is 2. The Bertz CT molecular complexity index is 267. The fourth-order valence-electron chi connectivity index (χ4n) is 2.37. The Morgan fingerprint density at radius 3 is 2.61 bits per heavy atom. The normalized spacial score (nSPS) is 20.9. The summed E-state index contributed by atoms with van der Waals surface area (Å²) in [5.74, 6) is -0.773. The molecule has 106 valence electrons. The van der Waals surface area contributed by atoms with Crippen molar-refractivity contribution < 1.29 is 14.6 Å². The zero-order chi connectivity index (χ0) is 13.6. The highest BCUT2D eigenvalue weighted by Crippen LogP contribution is 2.16. The predicted molar refractivity (Wildman–Crippen MR) is 70.8 cm³/mol. The van der Waals surface area contributed by atoms with Crippen LogP contribution in [0.5, 0.6) is 0 Å². The predicted octanol–water partition coefficient (Wildman–Crippen LogP) is 0.940. The smallest absolute Gasteiger partial charge is 0.323 e. The highest BCUT2D eigenvalue weighted by atomic mass is 16.5. The number of ether oxygens (including phenoxy) is 1. The molecule has 1 atom stereocenters. The zero-order valence-electron chi connectivity index (χ0n) is 11.7. The van der Waals surface area contributed by atoms with E-state index in [1.54, 1.807) is 6.92 Å². The van der Waals surface area contributed by atoms with Crippen molar-refractivity contribution in [3.63, 3.8) is 0 Å². The maximum Gasteiger partial charge on any atom is 0.323 e. The fourth-order valence-corrected chi connectivity index (χ4v) is 2.37. The van der Waals surface area contributed by atoms with Crippen LogP contribution in [0.15, 0.2) is 0 Å². The molecule has 1 saturated heterocycles. The average Bonchev–Trinajstić information content (AvgIpc) is 2.37. The van der Waals surface area contributed by atoms with E-state index in [2.05, 4.69) is 17.3 Å². The molecule has 0 amide bonds. The van der Waals surface area contributed by atoms with Gasteiger partial charge in [-0.15, -0.1) is 0 Å². The van der Waals surface area contributed by atoms with Gasteiger partial charge in [0.25, 0.3) is 0 Å². The number of carboxylic acids is 1. The second-order valence-corrected chi connectivity index (χ2v) is 5.24. The Morgan fingerprint density at radius 2 is 2.11 bits per heavy atom. The van der Waals surface area contributed by atoms with Gasteiger partial charge >= 0.3 is 5.97 Å². The minimum atomic E-state index is -0.825. The lowest BCUT2D eigenvalue weighted by atomic mass is 9.96. The lowest BCUT2D eigenvalue weighted by Crippen LogP contribution is -2.52. The zero-order valence-corrected chi connectivity index (χ0v) is 11.7. The molecule has 1 heterocycles. The number of aliphatic carboxylic acids is 1. The second-order valence-electron chi connectivity index (χ2n) is 5.24. The monoisotopic (exact) mass is 258 g/mol. The molecule has 0 aromatic carbocycles. The van der Waals surface area contributed by atoms with Crippen molar-refractivity contribution >= 4 is 5.97 Å². The van der Waals surface area contributed by atoms with Gasteiger partial charge in [-0.25, -0.2) is 0 Å². The van der Waals surface area contributed by atoms with Crippen molar-refractivity contribution in [3.05, 3.63) is 0 Å². The van der Waals surface area contributed by atoms with Crippen LogP contribution in [0, 0.1) is 0 Å². The lowest BCUT2D eigenvalue weighted by molar-refractivity contribution is -0.144. The van der Waals surface area contributed by atoms with Gasteiger partial charge in [0.2, 0.25) is 0 Å². The van der Waals surface area contributed by atoms with Crippen LogP contribution in [0.25, 0.3) is 0 Å². The highest BCUT2D eigenvalue weighted by Gasteiger charge is 2.32. The number of nitrogens with zero attached hydrogens (tertiary/aromatic N) is 1. The molecular formula is C13H26N2O3. The first kappa shape index (κ1) is 15.4. The van der Waals surface area contributed by atoms with Crippen LogP contribution in [0.4, 0.5) is 0 Å². The first-order chi connectivity index (χ1) is 8.49. The third kappa shape index (κ3) is 4.23. The standard InChI is InChI=1S/C13H26N2O3/c1-4-14-13(2,12(16)17)7-8-15(3)11-5-9-18-10-6-11/h11,14H,4-10H2,1-3H3,(H,16,17). The van der Waals surface area contributed by atoms with E-state index >= 15 is 0 Å². The van der Waals surface area contributed by atoms with Gasteiger partial charge in [-0.1, -0.05) is 6.92 Å². The minimum Gasteiger partial charge on any atom is -0.480 e.